The number of hydrogen-bond acceptors (Lipinski definition) is 4. The molecule has 1 aromatic rings. The molecule has 7 nitrogen and oxygen atoms in total. The van der Waals surface area contributed by atoms with Crippen molar-refractivity contribution < 1.29 is 22.4 Å². The fourth-order valence-electron chi connectivity index (χ4n) is 2.43. The predicted molar refractivity (Wildman–Crippen MR) is 81.4 cm³/mol. The average Bonchev–Trinajstić information content (AvgIpc) is 2.70. The van der Waals surface area contributed by atoms with E-state index in [1.54, 1.807) is 0 Å². The summed E-state index contributed by atoms with van der Waals surface area (Å²) in [4.78, 5) is 25.4. The highest BCUT2D eigenvalue weighted by Gasteiger charge is 2.32. The molecule has 0 radical (unpaired) electrons. The molecule has 9 heteroatoms. The molecule has 126 valence electrons. The first-order chi connectivity index (χ1) is 10.7. The Morgan fingerprint density at radius 3 is 2.30 bits per heavy atom. The van der Waals surface area contributed by atoms with Gasteiger partial charge in [0, 0.05) is 31.7 Å². The molecule has 0 bridgehead atoms. The highest BCUT2D eigenvalue weighted by atomic mass is 32.2. The van der Waals surface area contributed by atoms with Crippen molar-refractivity contribution >= 4 is 21.8 Å². The second kappa shape index (κ2) is 6.63. The third kappa shape index (κ3) is 4.26. The van der Waals surface area contributed by atoms with Gasteiger partial charge in [-0.15, -0.1) is 0 Å². The molecule has 0 saturated carbocycles. The van der Waals surface area contributed by atoms with Gasteiger partial charge in [0.1, 0.15) is 5.82 Å². The molecule has 2 N–H and O–H groups in total. The molecule has 0 aromatic heterocycles. The zero-order valence-electron chi connectivity index (χ0n) is 12.6. The lowest BCUT2D eigenvalue weighted by molar-refractivity contribution is -0.122. The van der Waals surface area contributed by atoms with Gasteiger partial charge in [0.15, 0.2) is 0 Å². The fraction of sp³-hybridized carbons (Fsp3) is 0.429. The molecule has 0 unspecified atom stereocenters. The third-order valence-electron chi connectivity index (χ3n) is 3.73. The molecule has 23 heavy (non-hydrogen) atoms. The number of hydrogen-bond donors (Lipinski definition) is 1. The first-order valence-electron chi connectivity index (χ1n) is 6.98. The van der Waals surface area contributed by atoms with Crippen LogP contribution in [0, 0.1) is 11.7 Å². The number of benzene rings is 1. The van der Waals surface area contributed by atoms with Crippen LogP contribution in [-0.2, 0) is 14.8 Å². The summed E-state index contributed by atoms with van der Waals surface area (Å²) in [7, 11) is -3.50. The van der Waals surface area contributed by atoms with Crippen molar-refractivity contribution in [2.75, 3.05) is 32.4 Å². The molecule has 0 spiro atoms. The summed E-state index contributed by atoms with van der Waals surface area (Å²) < 4.78 is 37.5. The second-order valence-electron chi connectivity index (χ2n) is 5.48. The minimum Gasteiger partial charge on any atom is -0.369 e. The number of rotatable bonds is 3. The Morgan fingerprint density at radius 2 is 1.78 bits per heavy atom. The monoisotopic (exact) mass is 343 g/mol. The minimum atomic E-state index is -3.50. The van der Waals surface area contributed by atoms with Gasteiger partial charge in [0.05, 0.1) is 12.2 Å². The summed E-state index contributed by atoms with van der Waals surface area (Å²) in [6.07, 6.45) is 1.04. The number of carbonyl (C=O) groups excluding carboxylic acids is 2. The van der Waals surface area contributed by atoms with Crippen LogP contribution < -0.4 is 5.73 Å². The molecule has 1 saturated heterocycles. The smallest absolute Gasteiger partial charge is 0.253 e. The van der Waals surface area contributed by atoms with Crippen LogP contribution in [0.1, 0.15) is 10.4 Å². The molecule has 1 atom stereocenters. The molecule has 1 aromatic carbocycles. The number of nitrogens with two attached hydrogens (primary N) is 1. The van der Waals surface area contributed by atoms with E-state index in [9.17, 15) is 22.4 Å². The minimum absolute atomic E-state index is 0.0254. The van der Waals surface area contributed by atoms with Crippen LogP contribution in [0.5, 0.6) is 0 Å². The van der Waals surface area contributed by atoms with Crippen molar-refractivity contribution in [2.45, 2.75) is 0 Å². The number of primary amides is 1. The van der Waals surface area contributed by atoms with E-state index in [0.29, 0.717) is 0 Å². The molecule has 2 rings (SSSR count). The van der Waals surface area contributed by atoms with Gasteiger partial charge in [-0.25, -0.2) is 12.8 Å². The summed E-state index contributed by atoms with van der Waals surface area (Å²) >= 11 is 0. The maximum absolute atomic E-state index is 12.9. The standard InChI is InChI=1S/C14H18FN3O4S/c1-23(21,22)18-7-6-17(8-11(9-18)13(16)19)14(20)10-2-4-12(15)5-3-10/h2-5,11H,6-9H2,1H3,(H2,16,19)/t11-/m1/s1. The van der Waals surface area contributed by atoms with Gasteiger partial charge in [-0.05, 0) is 24.3 Å². The largest absolute Gasteiger partial charge is 0.369 e. The topological polar surface area (TPSA) is 101 Å². The van der Waals surface area contributed by atoms with Crippen molar-refractivity contribution in [1.29, 1.82) is 0 Å². The van der Waals surface area contributed by atoms with E-state index < -0.39 is 33.6 Å². The lowest BCUT2D eigenvalue weighted by Crippen LogP contribution is -2.41. The average molecular weight is 343 g/mol. The van der Waals surface area contributed by atoms with Crippen molar-refractivity contribution in [3.63, 3.8) is 0 Å². The van der Waals surface area contributed by atoms with Crippen LogP contribution in [0.15, 0.2) is 24.3 Å². The van der Waals surface area contributed by atoms with Gasteiger partial charge < -0.3 is 10.6 Å². The van der Waals surface area contributed by atoms with Crippen LogP contribution in [0.25, 0.3) is 0 Å². The number of nitrogens with zero attached hydrogens (tertiary/aromatic N) is 2. The first-order valence-corrected chi connectivity index (χ1v) is 8.82. The van der Waals surface area contributed by atoms with Gasteiger partial charge in [0.2, 0.25) is 15.9 Å². The Morgan fingerprint density at radius 1 is 1.17 bits per heavy atom. The summed E-state index contributed by atoms with van der Waals surface area (Å²) in [5.74, 6) is -2.32. The van der Waals surface area contributed by atoms with Crippen LogP contribution in [-0.4, -0.2) is 61.9 Å². The number of sulfonamides is 1. The molecule has 1 aliphatic heterocycles. The molecule has 1 heterocycles. The second-order valence-corrected chi connectivity index (χ2v) is 7.46. The van der Waals surface area contributed by atoms with Crippen LogP contribution in [0.3, 0.4) is 0 Å². The summed E-state index contributed by atoms with van der Waals surface area (Å²) in [5, 5.41) is 0. The normalized spacial score (nSPS) is 20.1. The Kier molecular flexibility index (Phi) is 5.00. The Labute approximate surface area is 133 Å². The Hall–Kier alpha value is -2.00. The number of halogens is 1. The van der Waals surface area contributed by atoms with Gasteiger partial charge in [-0.2, -0.15) is 4.31 Å². The molecular weight excluding hydrogens is 325 g/mol. The molecule has 0 aliphatic carbocycles. The van der Waals surface area contributed by atoms with E-state index in [1.807, 2.05) is 0 Å². The third-order valence-corrected chi connectivity index (χ3v) is 5.00. The Bertz CT molecular complexity index is 705. The van der Waals surface area contributed by atoms with Gasteiger partial charge in [0.25, 0.3) is 5.91 Å². The highest BCUT2D eigenvalue weighted by molar-refractivity contribution is 7.88. The lowest BCUT2D eigenvalue weighted by Gasteiger charge is -2.22. The van der Waals surface area contributed by atoms with Crippen molar-refractivity contribution in [2.24, 2.45) is 11.7 Å². The lowest BCUT2D eigenvalue weighted by atomic mass is 10.1. The van der Waals surface area contributed by atoms with E-state index in [4.69, 9.17) is 5.73 Å². The SMILES string of the molecule is CS(=O)(=O)N1CCN(C(=O)c2ccc(F)cc2)C[C@@H](C(N)=O)C1. The zero-order valence-corrected chi connectivity index (χ0v) is 13.4. The van der Waals surface area contributed by atoms with E-state index in [2.05, 4.69) is 0 Å². The van der Waals surface area contributed by atoms with Gasteiger partial charge in [-0.3, -0.25) is 9.59 Å². The van der Waals surface area contributed by atoms with E-state index in [-0.39, 0.29) is 31.7 Å². The van der Waals surface area contributed by atoms with Crippen LogP contribution in [0.4, 0.5) is 4.39 Å². The van der Waals surface area contributed by atoms with Crippen molar-refractivity contribution in [1.82, 2.24) is 9.21 Å². The Balaban J connectivity index is 2.23. The molecule has 1 aliphatic rings. The zero-order chi connectivity index (χ0) is 17.2. The number of carbonyl (C=O) groups is 2. The maximum Gasteiger partial charge on any atom is 0.253 e. The predicted octanol–water partition coefficient (Wildman–Crippen LogP) is -0.355. The fourth-order valence-corrected chi connectivity index (χ4v) is 3.29. The van der Waals surface area contributed by atoms with E-state index in [0.717, 1.165) is 10.6 Å². The quantitative estimate of drug-likeness (QED) is 0.810. The summed E-state index contributed by atoms with van der Waals surface area (Å²) in [5.41, 5.74) is 5.58. The van der Waals surface area contributed by atoms with E-state index in [1.165, 1.54) is 29.2 Å². The number of amides is 2. The highest BCUT2D eigenvalue weighted by Crippen LogP contribution is 2.15. The van der Waals surface area contributed by atoms with Gasteiger partial charge >= 0.3 is 0 Å². The maximum atomic E-state index is 12.9. The van der Waals surface area contributed by atoms with Crippen molar-refractivity contribution in [3.05, 3.63) is 35.6 Å². The van der Waals surface area contributed by atoms with Crippen LogP contribution in [0.2, 0.25) is 0 Å². The van der Waals surface area contributed by atoms with Gasteiger partial charge in [-0.1, -0.05) is 0 Å². The summed E-state index contributed by atoms with van der Waals surface area (Å²) in [6.45, 7) is 0.182. The van der Waals surface area contributed by atoms with Crippen molar-refractivity contribution in [3.8, 4) is 0 Å². The van der Waals surface area contributed by atoms with E-state index >= 15 is 0 Å². The molecule has 1 fully saturated rings. The first kappa shape index (κ1) is 17.4. The van der Waals surface area contributed by atoms with Crippen LogP contribution >= 0.6 is 0 Å². The molecular formula is C14H18FN3O4S. The summed E-state index contributed by atoms with van der Waals surface area (Å²) in [6, 6.07) is 5.02. The molecule has 2 amide bonds.